The number of nitrogens with zero attached hydrogens (tertiary/aromatic N) is 2. The molecule has 2 heterocycles. The molecule has 6 nitrogen and oxygen atoms in total. The molecule has 2 amide bonds. The van der Waals surface area contributed by atoms with Crippen molar-refractivity contribution < 1.29 is 9.90 Å². The van der Waals surface area contributed by atoms with Gasteiger partial charge in [0.25, 0.3) is 0 Å². The summed E-state index contributed by atoms with van der Waals surface area (Å²) in [5.74, 6) is 0.310. The Balaban J connectivity index is 1.42. The third-order valence-electron chi connectivity index (χ3n) is 7.06. The van der Waals surface area contributed by atoms with Gasteiger partial charge in [0.2, 0.25) is 0 Å². The molecule has 1 aliphatic carbocycles. The molecule has 1 saturated carbocycles. The number of halogens is 1. The van der Waals surface area contributed by atoms with E-state index in [0.29, 0.717) is 17.0 Å². The first-order chi connectivity index (χ1) is 13.9. The first kappa shape index (κ1) is 20.5. The van der Waals surface area contributed by atoms with Gasteiger partial charge in [0.15, 0.2) is 0 Å². The summed E-state index contributed by atoms with van der Waals surface area (Å²) in [6, 6.07) is 4.10. The van der Waals surface area contributed by atoms with Gasteiger partial charge in [-0.25, -0.2) is 4.79 Å². The number of piperidine rings is 1. The summed E-state index contributed by atoms with van der Waals surface area (Å²) in [7, 11) is 0. The van der Waals surface area contributed by atoms with E-state index in [4.69, 9.17) is 11.6 Å². The third-order valence-corrected chi connectivity index (χ3v) is 7.28. The zero-order valence-electron chi connectivity index (χ0n) is 17.2. The van der Waals surface area contributed by atoms with Crippen molar-refractivity contribution in [3.05, 3.63) is 28.9 Å². The fourth-order valence-corrected chi connectivity index (χ4v) is 5.28. The fraction of sp³-hybridized carbons (Fsp3) is 0.636. The van der Waals surface area contributed by atoms with Crippen LogP contribution in [0.2, 0.25) is 5.02 Å². The summed E-state index contributed by atoms with van der Waals surface area (Å²) in [6.07, 6.45) is 7.45. The zero-order valence-corrected chi connectivity index (χ0v) is 18.0. The third kappa shape index (κ3) is 4.10. The van der Waals surface area contributed by atoms with Crippen LogP contribution in [0.1, 0.15) is 64.0 Å². The normalized spacial score (nSPS) is 20.3. The summed E-state index contributed by atoms with van der Waals surface area (Å²) >= 11 is 6.28. The number of aliphatic hydroxyl groups excluding tert-OH is 1. The van der Waals surface area contributed by atoms with E-state index < -0.39 is 6.10 Å². The molecule has 3 N–H and O–H groups in total. The molecule has 4 rings (SSSR count). The van der Waals surface area contributed by atoms with Crippen LogP contribution in [0.25, 0.3) is 10.9 Å². The van der Waals surface area contributed by atoms with Crippen molar-refractivity contribution in [3.8, 4) is 0 Å². The van der Waals surface area contributed by atoms with E-state index in [2.05, 4.69) is 29.4 Å². The highest BCUT2D eigenvalue weighted by atomic mass is 35.5. The molecule has 1 aromatic carbocycles. The second-order valence-corrected chi connectivity index (χ2v) is 9.68. The highest BCUT2D eigenvalue weighted by Crippen LogP contribution is 2.46. The number of aromatic nitrogens is 2. The van der Waals surface area contributed by atoms with Crippen LogP contribution < -0.4 is 5.32 Å². The second kappa shape index (κ2) is 8.15. The Morgan fingerprint density at radius 2 is 1.97 bits per heavy atom. The number of hydrogen-bond donors (Lipinski definition) is 3. The van der Waals surface area contributed by atoms with Gasteiger partial charge >= 0.3 is 6.03 Å². The van der Waals surface area contributed by atoms with Crippen LogP contribution in [0.4, 0.5) is 4.79 Å². The minimum absolute atomic E-state index is 0.0720. The van der Waals surface area contributed by atoms with Gasteiger partial charge in [-0.3, -0.25) is 5.10 Å². The van der Waals surface area contributed by atoms with Gasteiger partial charge in [-0.2, -0.15) is 5.10 Å². The van der Waals surface area contributed by atoms with Crippen LogP contribution >= 0.6 is 11.6 Å². The molecular formula is C22H31ClN4O2. The number of fused-ring (bicyclic) bond motifs is 1. The largest absolute Gasteiger partial charge is 0.388 e. The molecular weight excluding hydrogens is 388 g/mol. The van der Waals surface area contributed by atoms with E-state index in [9.17, 15) is 9.90 Å². The Kier molecular flexibility index (Phi) is 5.76. The summed E-state index contributed by atoms with van der Waals surface area (Å²) < 4.78 is 0. The Hall–Kier alpha value is -1.79. The maximum absolute atomic E-state index is 12.6. The van der Waals surface area contributed by atoms with Crippen molar-refractivity contribution in [2.75, 3.05) is 13.1 Å². The number of H-pyrrole nitrogens is 1. The van der Waals surface area contributed by atoms with Crippen molar-refractivity contribution in [1.82, 2.24) is 20.4 Å². The predicted molar refractivity (Wildman–Crippen MR) is 115 cm³/mol. The molecule has 0 radical (unpaired) electrons. The van der Waals surface area contributed by atoms with Gasteiger partial charge < -0.3 is 15.3 Å². The van der Waals surface area contributed by atoms with Crippen molar-refractivity contribution in [2.45, 2.75) is 64.5 Å². The van der Waals surface area contributed by atoms with Crippen LogP contribution in [0.5, 0.6) is 0 Å². The molecule has 1 atom stereocenters. The summed E-state index contributed by atoms with van der Waals surface area (Å²) in [5, 5.41) is 23.1. The van der Waals surface area contributed by atoms with Gasteiger partial charge in [0.1, 0.15) is 0 Å². The SMILES string of the molecule is CC(C)(C1CCN(C(=O)NC2CCCC2)CC1)C(O)c1cc(Cl)cc2cn[nH]c12. The highest BCUT2D eigenvalue weighted by molar-refractivity contribution is 6.31. The molecule has 0 bridgehead atoms. The maximum Gasteiger partial charge on any atom is 0.317 e. The maximum atomic E-state index is 12.6. The average molecular weight is 419 g/mol. The lowest BCUT2D eigenvalue weighted by Gasteiger charge is -2.43. The topological polar surface area (TPSA) is 81.2 Å². The number of rotatable bonds is 4. The van der Waals surface area contributed by atoms with E-state index in [0.717, 1.165) is 55.2 Å². The molecule has 1 aliphatic heterocycles. The molecule has 0 spiro atoms. The zero-order chi connectivity index (χ0) is 20.6. The Labute approximate surface area is 177 Å². The number of carbonyl (C=O) groups is 1. The minimum atomic E-state index is -0.673. The predicted octanol–water partition coefficient (Wildman–Crippen LogP) is 4.64. The van der Waals surface area contributed by atoms with Gasteiger partial charge in [0.05, 0.1) is 17.8 Å². The average Bonchev–Trinajstić information content (AvgIpc) is 3.38. The smallest absolute Gasteiger partial charge is 0.317 e. The number of likely N-dealkylation sites (tertiary alicyclic amines) is 1. The molecule has 2 aliphatic rings. The highest BCUT2D eigenvalue weighted by Gasteiger charge is 2.40. The van der Waals surface area contributed by atoms with Crippen molar-refractivity contribution in [2.24, 2.45) is 11.3 Å². The van der Waals surface area contributed by atoms with Crippen molar-refractivity contribution in [3.63, 3.8) is 0 Å². The number of urea groups is 1. The fourth-order valence-electron chi connectivity index (χ4n) is 5.05. The quantitative estimate of drug-likeness (QED) is 0.676. The van der Waals surface area contributed by atoms with Crippen LogP contribution in [-0.4, -0.2) is 45.4 Å². The van der Waals surface area contributed by atoms with Crippen LogP contribution in [0, 0.1) is 11.3 Å². The molecule has 2 aromatic rings. The van der Waals surface area contributed by atoms with Crippen molar-refractivity contribution >= 4 is 28.5 Å². The summed E-state index contributed by atoms with van der Waals surface area (Å²) in [5.41, 5.74) is 1.27. The Bertz CT molecular complexity index is 867. The van der Waals surface area contributed by atoms with Gasteiger partial charge in [-0.15, -0.1) is 0 Å². The lowest BCUT2D eigenvalue weighted by atomic mass is 9.68. The molecule has 7 heteroatoms. The second-order valence-electron chi connectivity index (χ2n) is 9.25. The number of nitrogens with one attached hydrogen (secondary N) is 2. The van der Waals surface area contributed by atoms with E-state index >= 15 is 0 Å². The van der Waals surface area contributed by atoms with Gasteiger partial charge in [-0.1, -0.05) is 38.3 Å². The van der Waals surface area contributed by atoms with Crippen LogP contribution in [0.15, 0.2) is 18.3 Å². The Morgan fingerprint density at radius 1 is 1.28 bits per heavy atom. The first-order valence-corrected chi connectivity index (χ1v) is 11.1. The summed E-state index contributed by atoms with van der Waals surface area (Å²) in [4.78, 5) is 14.5. The van der Waals surface area contributed by atoms with Crippen molar-refractivity contribution in [1.29, 1.82) is 0 Å². The van der Waals surface area contributed by atoms with Gasteiger partial charge in [-0.05, 0) is 49.1 Å². The van der Waals surface area contributed by atoms with E-state index in [-0.39, 0.29) is 11.4 Å². The molecule has 1 aromatic heterocycles. The molecule has 1 saturated heterocycles. The lowest BCUT2D eigenvalue weighted by Crippen LogP contribution is -2.49. The first-order valence-electron chi connectivity index (χ1n) is 10.7. The summed E-state index contributed by atoms with van der Waals surface area (Å²) in [6.45, 7) is 5.68. The number of aliphatic hydroxyl groups is 1. The van der Waals surface area contributed by atoms with Crippen LogP contribution in [-0.2, 0) is 0 Å². The van der Waals surface area contributed by atoms with Crippen LogP contribution in [0.3, 0.4) is 0 Å². The van der Waals surface area contributed by atoms with E-state index in [1.165, 1.54) is 12.8 Å². The number of benzene rings is 1. The van der Waals surface area contributed by atoms with E-state index in [1.807, 2.05) is 17.0 Å². The van der Waals surface area contributed by atoms with E-state index in [1.54, 1.807) is 6.20 Å². The number of hydrogen-bond acceptors (Lipinski definition) is 3. The lowest BCUT2D eigenvalue weighted by molar-refractivity contribution is -0.0144. The molecule has 1 unspecified atom stereocenters. The van der Waals surface area contributed by atoms with Gasteiger partial charge in [0, 0.05) is 35.1 Å². The minimum Gasteiger partial charge on any atom is -0.388 e. The standard InChI is InChI=1S/C22H31ClN4O2/c1-22(2,20(28)18-12-16(23)11-14-13-24-26-19(14)18)15-7-9-27(10-8-15)21(29)25-17-5-3-4-6-17/h11-13,15,17,20,28H,3-10H2,1-2H3,(H,24,26)(H,25,29). The monoisotopic (exact) mass is 418 g/mol. The Morgan fingerprint density at radius 3 is 2.66 bits per heavy atom. The number of amides is 2. The molecule has 158 valence electrons. The number of aromatic amines is 1. The molecule has 29 heavy (non-hydrogen) atoms. The number of carbonyl (C=O) groups excluding carboxylic acids is 1. The molecule has 2 fully saturated rings.